The van der Waals surface area contributed by atoms with E-state index >= 15 is 0 Å². The van der Waals surface area contributed by atoms with Gasteiger partial charge in [0.2, 0.25) is 0 Å². The van der Waals surface area contributed by atoms with E-state index in [2.05, 4.69) is 65.8 Å². The van der Waals surface area contributed by atoms with Gasteiger partial charge in [-0.25, -0.2) is 12.1 Å². The number of hydrogen-bond donors (Lipinski definition) is 0. The smallest absolute Gasteiger partial charge is 0.210 e. The topological polar surface area (TPSA) is 0 Å². The van der Waals surface area contributed by atoms with Crippen LogP contribution in [0.25, 0.3) is 0 Å². The fraction of sp³-hybridized carbons (Fsp3) is 0.783. The first-order chi connectivity index (χ1) is 22.7. The molecule has 274 valence electrons. The van der Waals surface area contributed by atoms with Crippen LogP contribution in [0.15, 0.2) is 24.3 Å². The predicted octanol–water partition coefficient (Wildman–Crippen LogP) is 15.5. The molecule has 0 saturated carbocycles. The van der Waals surface area contributed by atoms with E-state index in [1.807, 2.05) is 0 Å². The molecule has 0 unspecified atom stereocenters. The van der Waals surface area contributed by atoms with Crippen LogP contribution in [-0.2, 0) is 55.6 Å². The number of rotatable bonds is 30. The van der Waals surface area contributed by atoms with Crippen LogP contribution in [0.2, 0.25) is 0 Å². The maximum Gasteiger partial charge on any atom is 2.00 e. The van der Waals surface area contributed by atoms with Gasteiger partial charge in [0.1, 0.15) is 0 Å². The maximum atomic E-state index is 2.67. The normalized spacial score (nSPS) is 11.0. The molecule has 2 aromatic rings. The molecule has 2 rings (SSSR count). The summed E-state index contributed by atoms with van der Waals surface area (Å²) >= 11 is 0. The summed E-state index contributed by atoms with van der Waals surface area (Å²) in [6.07, 6.45) is 41.2. The molecular formula is C46H82Fe. The van der Waals surface area contributed by atoms with Gasteiger partial charge in [-0.2, -0.15) is 45.5 Å². The number of aryl methyl sites for hydroxylation is 4. The van der Waals surface area contributed by atoms with Gasteiger partial charge in [-0.3, -0.25) is 0 Å². The Morgan fingerprint density at radius 1 is 0.447 bits per heavy atom. The Morgan fingerprint density at radius 3 is 1.38 bits per heavy atom. The first-order valence-electron chi connectivity index (χ1n) is 21.2. The molecule has 0 fully saturated rings. The summed E-state index contributed by atoms with van der Waals surface area (Å²) in [6, 6.07) is 9.58. The van der Waals surface area contributed by atoms with Crippen molar-refractivity contribution < 1.29 is 17.1 Å². The fourth-order valence-corrected chi connectivity index (χ4v) is 7.25. The van der Waals surface area contributed by atoms with Gasteiger partial charge < -0.3 is 0 Å². The zero-order chi connectivity index (χ0) is 33.5. The molecule has 0 bridgehead atoms. The summed E-state index contributed by atoms with van der Waals surface area (Å²) in [6.45, 7) is 13.9. The van der Waals surface area contributed by atoms with Crippen LogP contribution in [0.3, 0.4) is 0 Å². The second kappa shape index (κ2) is 33.7. The Kier molecular flexibility index (Phi) is 33.1. The Morgan fingerprint density at radius 2 is 0.872 bits per heavy atom. The van der Waals surface area contributed by atoms with Crippen molar-refractivity contribution in [2.45, 2.75) is 234 Å². The largest absolute Gasteiger partial charge is 2.00 e. The quantitative estimate of drug-likeness (QED) is 0.0435. The van der Waals surface area contributed by atoms with Gasteiger partial charge in [-0.15, -0.1) is 0 Å². The molecule has 2 aromatic carbocycles. The van der Waals surface area contributed by atoms with E-state index in [4.69, 9.17) is 0 Å². The van der Waals surface area contributed by atoms with Gasteiger partial charge in [0.25, 0.3) is 0 Å². The predicted molar refractivity (Wildman–Crippen MR) is 211 cm³/mol. The molecule has 0 radical (unpaired) electrons. The van der Waals surface area contributed by atoms with Crippen LogP contribution in [0, 0.1) is 0 Å². The Bertz CT molecular complexity index is 829. The van der Waals surface area contributed by atoms with Crippen molar-refractivity contribution >= 4 is 0 Å². The maximum absolute atomic E-state index is 2.67. The summed E-state index contributed by atoms with van der Waals surface area (Å²) in [4.78, 5) is 0. The molecule has 47 heavy (non-hydrogen) atoms. The minimum atomic E-state index is 0. The second-order valence-corrected chi connectivity index (χ2v) is 14.6. The van der Waals surface area contributed by atoms with Crippen molar-refractivity contribution in [3.05, 3.63) is 57.6 Å². The summed E-state index contributed by atoms with van der Waals surface area (Å²) in [5.41, 5.74) is 10.3. The van der Waals surface area contributed by atoms with Gasteiger partial charge in [0, 0.05) is 0 Å². The third-order valence-electron chi connectivity index (χ3n) is 10.3. The zero-order valence-electron chi connectivity index (χ0n) is 32.9. The molecule has 0 aliphatic heterocycles. The van der Waals surface area contributed by atoms with Crippen LogP contribution < -0.4 is 0 Å². The minimum absolute atomic E-state index is 0. The average Bonchev–Trinajstić information content (AvgIpc) is 3.66. The van der Waals surface area contributed by atoms with Crippen molar-refractivity contribution in [3.63, 3.8) is 0 Å². The second-order valence-electron chi connectivity index (χ2n) is 14.6. The monoisotopic (exact) mass is 691 g/mol. The molecule has 0 aliphatic carbocycles. The van der Waals surface area contributed by atoms with Crippen molar-refractivity contribution in [2.24, 2.45) is 0 Å². The number of unbranched alkanes of at least 4 members (excludes halogenated alkanes) is 18. The summed E-state index contributed by atoms with van der Waals surface area (Å²) in [5.74, 6) is 0. The van der Waals surface area contributed by atoms with Gasteiger partial charge in [-0.1, -0.05) is 234 Å². The molecule has 0 spiro atoms. The van der Waals surface area contributed by atoms with Crippen molar-refractivity contribution in [3.8, 4) is 0 Å². The van der Waals surface area contributed by atoms with E-state index < -0.39 is 0 Å². The van der Waals surface area contributed by atoms with Gasteiger partial charge in [-0.05, 0) is 0 Å². The summed E-state index contributed by atoms with van der Waals surface area (Å²) < 4.78 is 0. The molecule has 0 N–H and O–H groups in total. The molecule has 0 aliphatic rings. The number of hydrogen-bond acceptors (Lipinski definition) is 0. The van der Waals surface area contributed by atoms with E-state index in [1.165, 1.54) is 193 Å². The molecule has 0 heterocycles. The minimum Gasteiger partial charge on any atom is -0.210 e. The van der Waals surface area contributed by atoms with Crippen LogP contribution in [-0.4, -0.2) is 0 Å². The first-order valence-corrected chi connectivity index (χ1v) is 21.2. The molecular weight excluding hydrogens is 608 g/mol. The average molecular weight is 691 g/mol. The molecule has 0 saturated heterocycles. The summed E-state index contributed by atoms with van der Waals surface area (Å²) in [7, 11) is 0. The van der Waals surface area contributed by atoms with Crippen LogP contribution in [0.1, 0.15) is 229 Å². The van der Waals surface area contributed by atoms with E-state index in [0.717, 1.165) is 0 Å². The van der Waals surface area contributed by atoms with E-state index in [9.17, 15) is 0 Å². The van der Waals surface area contributed by atoms with Crippen LogP contribution in [0.4, 0.5) is 0 Å². The molecule has 0 atom stereocenters. The fourth-order valence-electron chi connectivity index (χ4n) is 7.25. The van der Waals surface area contributed by atoms with E-state index in [-0.39, 0.29) is 17.1 Å². The standard InChI is InChI=1S/C29H53.C17H29.Fe/c1-5-9-13-17-21-26-25-27(22-18-14-10-6-2)29(24-20-16-12-8-4)28(26)23-19-15-11-7-3;1-3-5-7-9-12-16-14-11-15-17(16)13-10-8-6-4-2;/h25H,5-24H2,1-4H3;11,14-15H,3-10,12-13H2,1-2H3;/q2*-1;+2. The van der Waals surface area contributed by atoms with Crippen molar-refractivity contribution in [1.29, 1.82) is 0 Å². The van der Waals surface area contributed by atoms with Gasteiger partial charge in [0.15, 0.2) is 0 Å². The summed E-state index contributed by atoms with van der Waals surface area (Å²) in [5, 5.41) is 0. The molecule has 0 amide bonds. The third kappa shape index (κ3) is 22.5. The Hall–Kier alpha value is -0.781. The first kappa shape index (κ1) is 46.2. The Balaban J connectivity index is 0.00000100. The Labute approximate surface area is 307 Å². The molecule has 1 heteroatoms. The van der Waals surface area contributed by atoms with Gasteiger partial charge >= 0.3 is 17.1 Å². The van der Waals surface area contributed by atoms with E-state index in [1.54, 1.807) is 33.4 Å². The zero-order valence-corrected chi connectivity index (χ0v) is 34.0. The van der Waals surface area contributed by atoms with E-state index in [0.29, 0.717) is 0 Å². The van der Waals surface area contributed by atoms with Crippen LogP contribution >= 0.6 is 0 Å². The third-order valence-corrected chi connectivity index (χ3v) is 10.3. The molecule has 0 aromatic heterocycles. The van der Waals surface area contributed by atoms with Crippen molar-refractivity contribution in [2.75, 3.05) is 0 Å². The van der Waals surface area contributed by atoms with Crippen molar-refractivity contribution in [1.82, 2.24) is 0 Å². The molecule has 0 nitrogen and oxygen atoms in total. The van der Waals surface area contributed by atoms with Gasteiger partial charge in [0.05, 0.1) is 0 Å². The SMILES string of the molecule is CCCCCCc1cc(CCCCCC)[c-](CCCCCC)c1CCCCCC.CCCCCCc1cc[cH-]c1CCCCCC.[Fe+2]. The van der Waals surface area contributed by atoms with Crippen LogP contribution in [0.5, 0.6) is 0 Å².